The van der Waals surface area contributed by atoms with Crippen molar-refractivity contribution in [3.05, 3.63) is 65.2 Å². The zero-order valence-corrected chi connectivity index (χ0v) is 13.0. The zero-order valence-electron chi connectivity index (χ0n) is 13.0. The number of nitrogens with zero attached hydrogens (tertiary/aromatic N) is 1. The van der Waals surface area contributed by atoms with Crippen LogP contribution in [-0.4, -0.2) is 18.2 Å². The zero-order chi connectivity index (χ0) is 15.9. The quantitative estimate of drug-likeness (QED) is 0.677. The van der Waals surface area contributed by atoms with E-state index in [2.05, 4.69) is 10.5 Å². The van der Waals surface area contributed by atoms with Crippen molar-refractivity contribution in [3.8, 4) is 5.75 Å². The van der Waals surface area contributed by atoms with Gasteiger partial charge in [-0.15, -0.1) is 0 Å². The first kappa shape index (κ1) is 15.8. The van der Waals surface area contributed by atoms with E-state index in [1.807, 2.05) is 57.2 Å². The molecule has 0 heterocycles. The average Bonchev–Trinajstić information content (AvgIpc) is 2.49. The van der Waals surface area contributed by atoms with Gasteiger partial charge >= 0.3 is 0 Å². The minimum atomic E-state index is -0.226. The Morgan fingerprint density at radius 3 is 2.32 bits per heavy atom. The van der Waals surface area contributed by atoms with E-state index in [-0.39, 0.29) is 12.0 Å². The molecule has 0 bridgehead atoms. The number of rotatable bonds is 5. The van der Waals surface area contributed by atoms with Gasteiger partial charge in [-0.05, 0) is 62.7 Å². The Balaban J connectivity index is 1.91. The van der Waals surface area contributed by atoms with Crippen molar-refractivity contribution in [3.63, 3.8) is 0 Å². The van der Waals surface area contributed by atoms with Crippen LogP contribution in [0.1, 0.15) is 35.3 Å². The third-order valence-electron chi connectivity index (χ3n) is 2.95. The van der Waals surface area contributed by atoms with Crippen molar-refractivity contribution in [2.45, 2.75) is 26.9 Å². The summed E-state index contributed by atoms with van der Waals surface area (Å²) in [6.07, 6.45) is 1.75. The highest BCUT2D eigenvalue weighted by atomic mass is 16.5. The molecule has 0 fully saturated rings. The van der Waals surface area contributed by atoms with Gasteiger partial charge in [-0.3, -0.25) is 4.79 Å². The molecule has 0 aliphatic heterocycles. The number of hydrogen-bond donors (Lipinski definition) is 1. The van der Waals surface area contributed by atoms with E-state index in [1.165, 1.54) is 0 Å². The number of hydrazone groups is 1. The summed E-state index contributed by atoms with van der Waals surface area (Å²) in [5, 5.41) is 3.97. The van der Waals surface area contributed by atoms with Crippen LogP contribution in [0.5, 0.6) is 5.75 Å². The summed E-state index contributed by atoms with van der Waals surface area (Å²) in [4.78, 5) is 11.9. The monoisotopic (exact) mass is 296 g/mol. The lowest BCUT2D eigenvalue weighted by atomic mass is 10.1. The van der Waals surface area contributed by atoms with Crippen LogP contribution in [0.25, 0.3) is 0 Å². The van der Waals surface area contributed by atoms with E-state index in [0.717, 1.165) is 16.9 Å². The molecule has 114 valence electrons. The molecule has 2 aromatic carbocycles. The molecule has 0 aromatic heterocycles. The molecule has 0 spiro atoms. The van der Waals surface area contributed by atoms with Crippen LogP contribution in [0.3, 0.4) is 0 Å². The smallest absolute Gasteiger partial charge is 0.271 e. The number of carbonyl (C=O) groups excluding carboxylic acids is 1. The summed E-state index contributed by atoms with van der Waals surface area (Å²) < 4.78 is 5.57. The lowest BCUT2D eigenvalue weighted by Crippen LogP contribution is -2.17. The van der Waals surface area contributed by atoms with E-state index in [1.54, 1.807) is 18.3 Å². The number of amides is 1. The molecule has 1 amide bonds. The second-order valence-electron chi connectivity index (χ2n) is 5.30. The molecule has 4 heteroatoms. The second-order valence-corrected chi connectivity index (χ2v) is 5.30. The van der Waals surface area contributed by atoms with E-state index in [9.17, 15) is 4.79 Å². The summed E-state index contributed by atoms with van der Waals surface area (Å²) >= 11 is 0. The van der Waals surface area contributed by atoms with Crippen molar-refractivity contribution >= 4 is 12.1 Å². The fraction of sp³-hybridized carbons (Fsp3) is 0.222. The molecule has 0 radical (unpaired) electrons. The van der Waals surface area contributed by atoms with Gasteiger partial charge in [-0.25, -0.2) is 5.43 Å². The summed E-state index contributed by atoms with van der Waals surface area (Å²) in [6, 6.07) is 14.9. The Morgan fingerprint density at radius 2 is 1.73 bits per heavy atom. The minimum absolute atomic E-state index is 0.147. The van der Waals surface area contributed by atoms with Crippen molar-refractivity contribution in [1.82, 2.24) is 5.43 Å². The highest BCUT2D eigenvalue weighted by molar-refractivity contribution is 5.94. The molecular weight excluding hydrogens is 276 g/mol. The molecule has 1 N–H and O–H groups in total. The maximum absolute atomic E-state index is 11.9. The molecule has 0 atom stereocenters. The Kier molecular flexibility index (Phi) is 5.31. The number of hydrogen-bond acceptors (Lipinski definition) is 3. The Hall–Kier alpha value is -2.62. The normalized spacial score (nSPS) is 10.9. The molecule has 2 rings (SSSR count). The first-order valence-electron chi connectivity index (χ1n) is 7.21. The molecule has 2 aromatic rings. The van der Waals surface area contributed by atoms with E-state index < -0.39 is 0 Å². The number of ether oxygens (including phenoxy) is 1. The summed E-state index contributed by atoms with van der Waals surface area (Å²) in [6.45, 7) is 5.94. The van der Waals surface area contributed by atoms with Crippen LogP contribution in [0.4, 0.5) is 0 Å². The number of benzene rings is 2. The fourth-order valence-corrected chi connectivity index (χ4v) is 1.84. The lowest BCUT2D eigenvalue weighted by molar-refractivity contribution is 0.0955. The highest BCUT2D eigenvalue weighted by Crippen LogP contribution is 2.12. The maximum Gasteiger partial charge on any atom is 0.271 e. The standard InChI is InChI=1S/C18H20N2O2/c1-13(2)22-17-10-6-15(7-11-17)12-19-20-18(21)16-8-4-14(3)5-9-16/h4-13H,1-3H3,(H,20,21)/b19-12-. The maximum atomic E-state index is 11.9. The van der Waals surface area contributed by atoms with Gasteiger partial charge in [0.1, 0.15) is 5.75 Å². The van der Waals surface area contributed by atoms with E-state index >= 15 is 0 Å². The van der Waals surface area contributed by atoms with Crippen LogP contribution in [0, 0.1) is 6.92 Å². The summed E-state index contributed by atoms with van der Waals surface area (Å²) in [7, 11) is 0. The van der Waals surface area contributed by atoms with Crippen LogP contribution in [0.2, 0.25) is 0 Å². The predicted molar refractivity (Wildman–Crippen MR) is 88.4 cm³/mol. The molecule has 0 aliphatic rings. The summed E-state index contributed by atoms with van der Waals surface area (Å²) in [5.74, 6) is 0.590. The first-order valence-corrected chi connectivity index (χ1v) is 7.21. The van der Waals surface area contributed by atoms with Crippen molar-refractivity contribution in [1.29, 1.82) is 0 Å². The molecule has 22 heavy (non-hydrogen) atoms. The van der Waals surface area contributed by atoms with Gasteiger partial charge < -0.3 is 4.74 Å². The average molecular weight is 296 g/mol. The fourth-order valence-electron chi connectivity index (χ4n) is 1.84. The van der Waals surface area contributed by atoms with Gasteiger partial charge in [0.15, 0.2) is 0 Å². The van der Waals surface area contributed by atoms with Gasteiger partial charge in [0.2, 0.25) is 0 Å². The van der Waals surface area contributed by atoms with Gasteiger partial charge in [0.05, 0.1) is 12.3 Å². The van der Waals surface area contributed by atoms with E-state index in [4.69, 9.17) is 4.74 Å². The van der Waals surface area contributed by atoms with Crippen molar-refractivity contribution < 1.29 is 9.53 Å². The van der Waals surface area contributed by atoms with Gasteiger partial charge in [-0.2, -0.15) is 5.10 Å². The lowest BCUT2D eigenvalue weighted by Gasteiger charge is -2.09. The molecule has 0 saturated heterocycles. The van der Waals surface area contributed by atoms with Crippen LogP contribution in [0.15, 0.2) is 53.6 Å². The highest BCUT2D eigenvalue weighted by Gasteiger charge is 2.02. The van der Waals surface area contributed by atoms with Crippen LogP contribution >= 0.6 is 0 Å². The first-order chi connectivity index (χ1) is 10.5. The summed E-state index contributed by atoms with van der Waals surface area (Å²) in [5.41, 5.74) is 5.10. The second kappa shape index (κ2) is 7.41. The van der Waals surface area contributed by atoms with Crippen molar-refractivity contribution in [2.75, 3.05) is 0 Å². The number of carbonyl (C=O) groups is 1. The Morgan fingerprint density at radius 1 is 1.09 bits per heavy atom. The SMILES string of the molecule is Cc1ccc(C(=O)N/N=C\c2ccc(OC(C)C)cc2)cc1. The Bertz CT molecular complexity index is 644. The Labute approximate surface area is 130 Å². The topological polar surface area (TPSA) is 50.7 Å². The molecule has 0 saturated carbocycles. The third-order valence-corrected chi connectivity index (χ3v) is 2.95. The van der Waals surface area contributed by atoms with Gasteiger partial charge in [0, 0.05) is 5.56 Å². The molecule has 0 aliphatic carbocycles. The minimum Gasteiger partial charge on any atom is -0.491 e. The molecular formula is C18H20N2O2. The van der Waals surface area contributed by atoms with Crippen LogP contribution < -0.4 is 10.2 Å². The van der Waals surface area contributed by atoms with E-state index in [0.29, 0.717) is 5.56 Å². The van der Waals surface area contributed by atoms with Gasteiger partial charge in [-0.1, -0.05) is 17.7 Å². The molecule has 0 unspecified atom stereocenters. The predicted octanol–water partition coefficient (Wildman–Crippen LogP) is 3.55. The third kappa shape index (κ3) is 4.74. The van der Waals surface area contributed by atoms with Crippen LogP contribution in [-0.2, 0) is 0 Å². The van der Waals surface area contributed by atoms with Gasteiger partial charge in [0.25, 0.3) is 5.91 Å². The van der Waals surface area contributed by atoms with Crippen molar-refractivity contribution in [2.24, 2.45) is 5.10 Å². The number of nitrogens with one attached hydrogen (secondary N) is 1. The molecule has 4 nitrogen and oxygen atoms in total. The number of aryl methyl sites for hydroxylation is 1. The largest absolute Gasteiger partial charge is 0.491 e.